The van der Waals surface area contributed by atoms with Crippen LogP contribution in [0.2, 0.25) is 0 Å². The minimum absolute atomic E-state index is 0.651. The Morgan fingerprint density at radius 2 is 0.981 bits per heavy atom. The number of hydrogen-bond donors (Lipinski definition) is 0. The van der Waals surface area contributed by atoms with E-state index in [9.17, 15) is 0 Å². The second-order valence-corrected chi connectivity index (χ2v) is 14.4. The number of aromatic nitrogens is 3. The van der Waals surface area contributed by atoms with E-state index >= 15 is 0 Å². The number of rotatable bonds is 4. The number of benzene rings is 8. The highest BCUT2D eigenvalue weighted by Crippen LogP contribution is 2.44. The SMILES string of the molecule is c1ccc(-c2cc(-c3ccccc3)nc(-n3c4c(-c5ccc6c(c5)sc5ccc7ccccc7c56)cccc4c4ccc5ccccc5c43)n2)cc1. The second-order valence-electron chi connectivity index (χ2n) is 13.4. The molecule has 0 N–H and O–H groups in total. The van der Waals surface area contributed by atoms with Crippen molar-refractivity contribution in [3.8, 4) is 39.6 Å². The van der Waals surface area contributed by atoms with Gasteiger partial charge in [-0.3, -0.25) is 4.57 Å². The van der Waals surface area contributed by atoms with Crippen LogP contribution >= 0.6 is 11.3 Å². The lowest BCUT2D eigenvalue weighted by Crippen LogP contribution is -2.05. The third-order valence-corrected chi connectivity index (χ3v) is 11.5. The predicted molar refractivity (Wildman–Crippen MR) is 221 cm³/mol. The summed E-state index contributed by atoms with van der Waals surface area (Å²) in [5.41, 5.74) is 8.41. The first kappa shape index (κ1) is 29.1. The molecule has 242 valence electrons. The minimum atomic E-state index is 0.651. The van der Waals surface area contributed by atoms with Gasteiger partial charge in [-0.05, 0) is 39.9 Å². The van der Waals surface area contributed by atoms with Crippen molar-refractivity contribution < 1.29 is 0 Å². The van der Waals surface area contributed by atoms with E-state index in [-0.39, 0.29) is 0 Å². The van der Waals surface area contributed by atoms with E-state index in [1.807, 2.05) is 23.5 Å². The molecule has 0 radical (unpaired) electrons. The summed E-state index contributed by atoms with van der Waals surface area (Å²) in [5, 5.41) is 9.92. The van der Waals surface area contributed by atoms with Gasteiger partial charge in [0.25, 0.3) is 0 Å². The Kier molecular flexibility index (Phi) is 6.42. The fourth-order valence-electron chi connectivity index (χ4n) is 8.02. The van der Waals surface area contributed by atoms with E-state index in [0.717, 1.165) is 39.1 Å². The van der Waals surface area contributed by atoms with Crippen molar-refractivity contribution >= 4 is 74.9 Å². The summed E-state index contributed by atoms with van der Waals surface area (Å²) in [6, 6.07) is 63.0. The monoisotopic (exact) mass is 679 g/mol. The van der Waals surface area contributed by atoms with Crippen molar-refractivity contribution in [2.45, 2.75) is 0 Å². The summed E-state index contributed by atoms with van der Waals surface area (Å²) in [6.45, 7) is 0. The average molecular weight is 680 g/mol. The van der Waals surface area contributed by atoms with Crippen LogP contribution in [0, 0.1) is 0 Å². The van der Waals surface area contributed by atoms with Gasteiger partial charge in [-0.15, -0.1) is 11.3 Å². The molecule has 3 aromatic heterocycles. The fourth-order valence-corrected chi connectivity index (χ4v) is 9.18. The van der Waals surface area contributed by atoms with Gasteiger partial charge in [-0.25, -0.2) is 9.97 Å². The summed E-state index contributed by atoms with van der Waals surface area (Å²) in [7, 11) is 0. The number of thiophene rings is 1. The molecule has 0 unspecified atom stereocenters. The molecule has 0 spiro atoms. The van der Waals surface area contributed by atoms with E-state index in [0.29, 0.717) is 5.95 Å². The summed E-state index contributed by atoms with van der Waals surface area (Å²) < 4.78 is 4.91. The molecule has 11 aromatic rings. The van der Waals surface area contributed by atoms with Crippen molar-refractivity contribution in [2.75, 3.05) is 0 Å². The molecule has 0 bridgehead atoms. The number of nitrogens with zero attached hydrogens (tertiary/aromatic N) is 3. The van der Waals surface area contributed by atoms with Crippen LogP contribution in [-0.4, -0.2) is 14.5 Å². The van der Waals surface area contributed by atoms with Gasteiger partial charge in [0, 0.05) is 53.0 Å². The molecular formula is C48H29N3S. The van der Waals surface area contributed by atoms with E-state index in [1.54, 1.807) is 0 Å². The minimum Gasteiger partial charge on any atom is -0.277 e. The maximum absolute atomic E-state index is 5.38. The lowest BCUT2D eigenvalue weighted by molar-refractivity contribution is 0.998. The van der Waals surface area contributed by atoms with Gasteiger partial charge >= 0.3 is 0 Å². The highest BCUT2D eigenvalue weighted by Gasteiger charge is 2.22. The molecule has 0 fully saturated rings. The third-order valence-electron chi connectivity index (χ3n) is 10.4. The molecule has 3 nitrogen and oxygen atoms in total. The molecule has 52 heavy (non-hydrogen) atoms. The van der Waals surface area contributed by atoms with Crippen molar-refractivity contribution in [1.82, 2.24) is 14.5 Å². The average Bonchev–Trinajstić information content (AvgIpc) is 3.77. The van der Waals surface area contributed by atoms with Crippen molar-refractivity contribution in [3.63, 3.8) is 0 Å². The smallest absolute Gasteiger partial charge is 0.235 e. The molecule has 0 atom stereocenters. The first-order valence-electron chi connectivity index (χ1n) is 17.6. The Balaban J connectivity index is 1.25. The van der Waals surface area contributed by atoms with Gasteiger partial charge < -0.3 is 0 Å². The van der Waals surface area contributed by atoms with E-state index < -0.39 is 0 Å². The van der Waals surface area contributed by atoms with Crippen LogP contribution in [0.1, 0.15) is 0 Å². The van der Waals surface area contributed by atoms with Gasteiger partial charge in [-0.2, -0.15) is 0 Å². The normalized spacial score (nSPS) is 11.8. The molecule has 0 aliphatic heterocycles. The van der Waals surface area contributed by atoms with E-state index in [1.165, 1.54) is 58.1 Å². The Hall–Kier alpha value is -6.62. The molecule has 3 heterocycles. The maximum Gasteiger partial charge on any atom is 0.235 e. The Morgan fingerprint density at radius 1 is 0.385 bits per heavy atom. The zero-order valence-electron chi connectivity index (χ0n) is 28.0. The largest absolute Gasteiger partial charge is 0.277 e. The van der Waals surface area contributed by atoms with Crippen molar-refractivity contribution in [3.05, 3.63) is 176 Å². The van der Waals surface area contributed by atoms with Crippen LogP contribution in [0.15, 0.2) is 176 Å². The Morgan fingerprint density at radius 3 is 1.73 bits per heavy atom. The molecule has 0 amide bonds. The highest BCUT2D eigenvalue weighted by atomic mass is 32.1. The zero-order valence-corrected chi connectivity index (χ0v) is 28.8. The van der Waals surface area contributed by atoms with Crippen molar-refractivity contribution in [1.29, 1.82) is 0 Å². The molecule has 11 rings (SSSR count). The third kappa shape index (κ3) is 4.45. The van der Waals surface area contributed by atoms with Crippen LogP contribution in [0.4, 0.5) is 0 Å². The maximum atomic E-state index is 5.38. The Bertz CT molecular complexity index is 3120. The van der Waals surface area contributed by atoms with Gasteiger partial charge in [0.2, 0.25) is 5.95 Å². The van der Waals surface area contributed by atoms with Gasteiger partial charge in [0.15, 0.2) is 0 Å². The summed E-state index contributed by atoms with van der Waals surface area (Å²) in [6.07, 6.45) is 0. The van der Waals surface area contributed by atoms with Crippen LogP contribution in [0.5, 0.6) is 0 Å². The molecule has 4 heteroatoms. The summed E-state index contributed by atoms with van der Waals surface area (Å²) in [5.74, 6) is 0.651. The predicted octanol–water partition coefficient (Wildman–Crippen LogP) is 13.2. The molecule has 8 aromatic carbocycles. The molecule has 0 aliphatic rings. The van der Waals surface area contributed by atoms with Gasteiger partial charge in [0.05, 0.1) is 22.4 Å². The van der Waals surface area contributed by atoms with Crippen LogP contribution < -0.4 is 0 Å². The van der Waals surface area contributed by atoms with Gasteiger partial charge in [-0.1, -0.05) is 158 Å². The first-order valence-corrected chi connectivity index (χ1v) is 18.4. The van der Waals surface area contributed by atoms with Crippen molar-refractivity contribution in [2.24, 2.45) is 0 Å². The molecule has 0 aliphatic carbocycles. The molecule has 0 saturated carbocycles. The van der Waals surface area contributed by atoms with Crippen LogP contribution in [-0.2, 0) is 0 Å². The fraction of sp³-hybridized carbons (Fsp3) is 0. The van der Waals surface area contributed by atoms with E-state index in [4.69, 9.17) is 9.97 Å². The lowest BCUT2D eigenvalue weighted by Gasteiger charge is -2.14. The highest BCUT2D eigenvalue weighted by molar-refractivity contribution is 7.26. The second kappa shape index (κ2) is 11.5. The zero-order chi connectivity index (χ0) is 34.2. The van der Waals surface area contributed by atoms with Crippen LogP contribution in [0.3, 0.4) is 0 Å². The number of hydrogen-bond acceptors (Lipinski definition) is 3. The topological polar surface area (TPSA) is 30.7 Å². The van der Waals surface area contributed by atoms with Crippen LogP contribution in [0.25, 0.3) is 103 Å². The van der Waals surface area contributed by atoms with Gasteiger partial charge in [0.1, 0.15) is 0 Å². The Labute approximate surface area is 303 Å². The molecule has 0 saturated heterocycles. The standard InChI is InChI=1S/C48H29N3S/c1-3-14-32(15-4-1)41-29-42(33-16-5-2-6-17-33)50-48(49-41)51-46-36-19-10-8-13-31(36)22-25-39(46)38-21-11-20-37(47(38)51)34-23-26-40-44(28-34)52-43-27-24-30-12-7-9-18-35(30)45(40)43/h1-29H. The summed E-state index contributed by atoms with van der Waals surface area (Å²) in [4.78, 5) is 10.8. The lowest BCUT2D eigenvalue weighted by atomic mass is 9.99. The number of para-hydroxylation sites is 1. The van der Waals surface area contributed by atoms with E-state index in [2.05, 4.69) is 168 Å². The quantitative estimate of drug-likeness (QED) is 0.185. The first-order chi connectivity index (χ1) is 25.8. The number of fused-ring (bicyclic) bond motifs is 10. The molecular weight excluding hydrogens is 651 g/mol. The summed E-state index contributed by atoms with van der Waals surface area (Å²) >= 11 is 1.87.